The lowest BCUT2D eigenvalue weighted by atomic mass is 10.2. The van der Waals surface area contributed by atoms with Crippen molar-refractivity contribution in [3.8, 4) is 5.88 Å². The number of aromatic nitrogens is 4. The molecule has 0 fully saturated rings. The van der Waals surface area contributed by atoms with E-state index in [2.05, 4.69) is 31.2 Å². The number of hydrogen-bond donors (Lipinski definition) is 1. The Balaban J connectivity index is 1.60. The van der Waals surface area contributed by atoms with Crippen molar-refractivity contribution >= 4 is 32.7 Å². The van der Waals surface area contributed by atoms with Gasteiger partial charge in [0.05, 0.1) is 30.3 Å². The van der Waals surface area contributed by atoms with E-state index < -0.39 is 17.2 Å². The largest absolute Gasteiger partial charge is 0.478 e. The predicted molar refractivity (Wildman–Crippen MR) is 131 cm³/mol. The maximum absolute atomic E-state index is 13.2. The van der Waals surface area contributed by atoms with Gasteiger partial charge in [-0.1, -0.05) is 34.1 Å². The highest BCUT2D eigenvalue weighted by Gasteiger charge is 2.15. The maximum Gasteiger partial charge on any atom is 0.331 e. The van der Waals surface area contributed by atoms with Crippen LogP contribution in [0.2, 0.25) is 0 Å². The van der Waals surface area contributed by atoms with Crippen molar-refractivity contribution in [1.29, 1.82) is 0 Å². The van der Waals surface area contributed by atoms with Crippen LogP contribution in [0.1, 0.15) is 28.5 Å². The minimum atomic E-state index is -0.479. The van der Waals surface area contributed by atoms with Gasteiger partial charge in [0, 0.05) is 30.3 Å². The number of fused-ring (bicyclic) bond motifs is 1. The van der Waals surface area contributed by atoms with E-state index in [0.717, 1.165) is 20.2 Å². The Morgan fingerprint density at radius 2 is 1.79 bits per heavy atom. The molecule has 0 saturated heterocycles. The summed E-state index contributed by atoms with van der Waals surface area (Å²) in [6.07, 6.45) is 2.99. The fraction of sp³-hybridized carbons (Fsp3) is 0.208. The molecule has 1 amide bonds. The van der Waals surface area contributed by atoms with Crippen molar-refractivity contribution in [2.45, 2.75) is 20.0 Å². The molecule has 0 aliphatic rings. The summed E-state index contributed by atoms with van der Waals surface area (Å²) in [4.78, 5) is 47.0. The van der Waals surface area contributed by atoms with Gasteiger partial charge in [-0.15, -0.1) is 0 Å². The van der Waals surface area contributed by atoms with Gasteiger partial charge in [-0.2, -0.15) is 0 Å². The van der Waals surface area contributed by atoms with Crippen molar-refractivity contribution in [3.05, 3.63) is 97.0 Å². The molecule has 10 heteroatoms. The molecular weight excluding hydrogens is 502 g/mol. The fourth-order valence-electron chi connectivity index (χ4n) is 3.46. The van der Waals surface area contributed by atoms with Crippen LogP contribution in [0.3, 0.4) is 0 Å². The standard InChI is InChI=1S/C24H22BrN5O4/c1-3-34-21-9-6-16(11-27-21)12-28-22(31)19-10-18-20(13-26-19)29(2)24(33)30(23(18)32)14-15-4-7-17(25)8-5-15/h4-11,13H,3,12,14H2,1-2H3,(H,28,31). The SMILES string of the molecule is CCOc1ccc(CNC(=O)c2cc3c(=O)n(Cc4ccc(Br)cc4)c(=O)n(C)c3cn2)cn1. The normalized spacial score (nSPS) is 10.9. The van der Waals surface area contributed by atoms with E-state index in [1.54, 1.807) is 19.3 Å². The summed E-state index contributed by atoms with van der Waals surface area (Å²) in [7, 11) is 1.57. The molecule has 0 saturated carbocycles. The van der Waals surface area contributed by atoms with Gasteiger partial charge >= 0.3 is 5.69 Å². The highest BCUT2D eigenvalue weighted by molar-refractivity contribution is 9.10. The van der Waals surface area contributed by atoms with E-state index in [-0.39, 0.29) is 24.2 Å². The third-order valence-corrected chi connectivity index (χ3v) is 5.80. The van der Waals surface area contributed by atoms with Gasteiger partial charge in [0.25, 0.3) is 11.5 Å². The molecule has 0 aliphatic carbocycles. The number of ether oxygens (including phenoxy) is 1. The first-order valence-corrected chi connectivity index (χ1v) is 11.4. The smallest absolute Gasteiger partial charge is 0.331 e. The Hall–Kier alpha value is -3.79. The van der Waals surface area contributed by atoms with E-state index in [9.17, 15) is 14.4 Å². The van der Waals surface area contributed by atoms with Crippen molar-refractivity contribution in [3.63, 3.8) is 0 Å². The van der Waals surface area contributed by atoms with Crippen LogP contribution in [0.25, 0.3) is 10.9 Å². The number of carbonyl (C=O) groups excluding carboxylic acids is 1. The van der Waals surface area contributed by atoms with Crippen LogP contribution in [0, 0.1) is 0 Å². The summed E-state index contributed by atoms with van der Waals surface area (Å²) in [5.74, 6) is 0.0716. The lowest BCUT2D eigenvalue weighted by Crippen LogP contribution is -2.39. The van der Waals surface area contributed by atoms with Crippen molar-refractivity contribution in [1.82, 2.24) is 24.4 Å². The third-order valence-electron chi connectivity index (χ3n) is 5.27. The molecule has 4 rings (SSSR count). The highest BCUT2D eigenvalue weighted by Crippen LogP contribution is 2.13. The van der Waals surface area contributed by atoms with Gasteiger partial charge in [-0.05, 0) is 36.2 Å². The first kappa shape index (κ1) is 23.4. The van der Waals surface area contributed by atoms with Crippen LogP contribution in [0.5, 0.6) is 5.88 Å². The van der Waals surface area contributed by atoms with Crippen molar-refractivity contribution in [2.24, 2.45) is 7.05 Å². The number of pyridine rings is 2. The number of halogens is 1. The number of hydrogen-bond acceptors (Lipinski definition) is 6. The fourth-order valence-corrected chi connectivity index (χ4v) is 3.73. The summed E-state index contributed by atoms with van der Waals surface area (Å²) < 4.78 is 8.72. The average Bonchev–Trinajstić information content (AvgIpc) is 2.85. The molecule has 0 radical (unpaired) electrons. The summed E-state index contributed by atoms with van der Waals surface area (Å²) in [6, 6.07) is 12.3. The van der Waals surface area contributed by atoms with Crippen LogP contribution in [0.15, 0.2) is 68.9 Å². The van der Waals surface area contributed by atoms with Crippen molar-refractivity contribution < 1.29 is 9.53 Å². The Bertz CT molecular complexity index is 1460. The first-order valence-electron chi connectivity index (χ1n) is 10.6. The van der Waals surface area contributed by atoms with Crippen molar-refractivity contribution in [2.75, 3.05) is 6.61 Å². The molecule has 4 aromatic rings. The van der Waals surface area contributed by atoms with Gasteiger partial charge in [0.15, 0.2) is 0 Å². The van der Waals surface area contributed by atoms with E-state index in [4.69, 9.17) is 4.74 Å². The minimum absolute atomic E-state index is 0.0809. The molecule has 0 atom stereocenters. The second kappa shape index (κ2) is 10.0. The number of carbonyl (C=O) groups is 1. The zero-order chi connectivity index (χ0) is 24.2. The predicted octanol–water partition coefficient (Wildman–Crippen LogP) is 2.63. The first-order chi connectivity index (χ1) is 16.4. The molecule has 0 aliphatic heterocycles. The average molecular weight is 524 g/mol. The zero-order valence-electron chi connectivity index (χ0n) is 18.6. The van der Waals surface area contributed by atoms with E-state index >= 15 is 0 Å². The Morgan fingerprint density at radius 1 is 1.06 bits per heavy atom. The quantitative estimate of drug-likeness (QED) is 0.398. The van der Waals surface area contributed by atoms with Gasteiger partial charge in [0.2, 0.25) is 5.88 Å². The van der Waals surface area contributed by atoms with Crippen LogP contribution in [0.4, 0.5) is 0 Å². The Labute approximate surface area is 203 Å². The van der Waals surface area contributed by atoms with Crippen LogP contribution < -0.4 is 21.3 Å². The summed E-state index contributed by atoms with van der Waals surface area (Å²) in [5, 5.41) is 3.01. The molecule has 0 spiro atoms. The molecule has 3 aromatic heterocycles. The molecule has 9 nitrogen and oxygen atoms in total. The van der Waals surface area contributed by atoms with E-state index in [1.165, 1.54) is 16.8 Å². The maximum atomic E-state index is 13.2. The van der Waals surface area contributed by atoms with Crippen LogP contribution in [-0.2, 0) is 20.1 Å². The van der Waals surface area contributed by atoms with Gasteiger partial charge in [0.1, 0.15) is 5.69 Å². The van der Waals surface area contributed by atoms with Crippen LogP contribution >= 0.6 is 15.9 Å². The van der Waals surface area contributed by atoms with Gasteiger partial charge in [-0.25, -0.2) is 14.8 Å². The highest BCUT2D eigenvalue weighted by atomic mass is 79.9. The lowest BCUT2D eigenvalue weighted by molar-refractivity contribution is 0.0946. The monoisotopic (exact) mass is 523 g/mol. The van der Waals surface area contributed by atoms with Gasteiger partial charge in [-0.3, -0.25) is 18.7 Å². The van der Waals surface area contributed by atoms with Gasteiger partial charge < -0.3 is 10.1 Å². The molecule has 1 aromatic carbocycles. The summed E-state index contributed by atoms with van der Waals surface area (Å²) in [5.41, 5.74) is 1.09. The summed E-state index contributed by atoms with van der Waals surface area (Å²) in [6.45, 7) is 2.75. The Morgan fingerprint density at radius 3 is 2.47 bits per heavy atom. The number of benzene rings is 1. The number of aryl methyl sites for hydroxylation is 1. The van der Waals surface area contributed by atoms with Crippen LogP contribution in [-0.4, -0.2) is 31.6 Å². The number of nitrogens with one attached hydrogen (secondary N) is 1. The summed E-state index contributed by atoms with van der Waals surface area (Å²) >= 11 is 3.37. The molecule has 0 unspecified atom stereocenters. The number of amides is 1. The molecule has 1 N–H and O–H groups in total. The second-order valence-corrected chi connectivity index (χ2v) is 8.48. The van der Waals surface area contributed by atoms with E-state index in [1.807, 2.05) is 37.3 Å². The topological polar surface area (TPSA) is 108 Å². The minimum Gasteiger partial charge on any atom is -0.478 e. The lowest BCUT2D eigenvalue weighted by Gasteiger charge is -2.12. The molecular formula is C24H22BrN5O4. The zero-order valence-corrected chi connectivity index (χ0v) is 20.2. The molecule has 0 bridgehead atoms. The molecule has 3 heterocycles. The van der Waals surface area contributed by atoms with E-state index in [0.29, 0.717) is 18.0 Å². The molecule has 174 valence electrons. The Kier molecular flexibility index (Phi) is 6.87. The molecule has 34 heavy (non-hydrogen) atoms. The third kappa shape index (κ3) is 4.91. The second-order valence-electron chi connectivity index (χ2n) is 7.57. The number of rotatable bonds is 7. The number of nitrogens with zero attached hydrogens (tertiary/aromatic N) is 4.